The summed E-state index contributed by atoms with van der Waals surface area (Å²) in [7, 11) is 0. The number of nitrogens with two attached hydrogens (primary N) is 1. The number of rotatable bonds is 6. The zero-order valence-electron chi connectivity index (χ0n) is 13.5. The van der Waals surface area contributed by atoms with Gasteiger partial charge in [0.25, 0.3) is 0 Å². The van der Waals surface area contributed by atoms with Gasteiger partial charge in [-0.05, 0) is 25.2 Å². The maximum Gasteiger partial charge on any atom is 0.224 e. The maximum absolute atomic E-state index is 12.3. The van der Waals surface area contributed by atoms with Gasteiger partial charge < -0.3 is 15.8 Å². The second kappa shape index (κ2) is 8.11. The number of nitrogens with one attached hydrogen (secondary N) is 1. The molecule has 1 amide bonds. The van der Waals surface area contributed by atoms with Gasteiger partial charge in [-0.1, -0.05) is 20.3 Å². The molecule has 1 aliphatic heterocycles. The predicted molar refractivity (Wildman–Crippen MR) is 84.0 cm³/mol. The highest BCUT2D eigenvalue weighted by molar-refractivity contribution is 5.79. The van der Waals surface area contributed by atoms with Crippen LogP contribution in [-0.4, -0.2) is 55.7 Å². The van der Waals surface area contributed by atoms with Crippen molar-refractivity contribution in [1.29, 1.82) is 0 Å². The highest BCUT2D eigenvalue weighted by Gasteiger charge is 2.31. The van der Waals surface area contributed by atoms with Crippen molar-refractivity contribution in [3.63, 3.8) is 0 Å². The van der Waals surface area contributed by atoms with E-state index in [1.807, 2.05) is 0 Å². The monoisotopic (exact) mass is 297 g/mol. The van der Waals surface area contributed by atoms with Crippen molar-refractivity contribution in [2.24, 2.45) is 17.6 Å². The van der Waals surface area contributed by atoms with Crippen LogP contribution in [0.2, 0.25) is 0 Å². The summed E-state index contributed by atoms with van der Waals surface area (Å²) in [5.74, 6) is 0.805. The lowest BCUT2D eigenvalue weighted by molar-refractivity contribution is -0.125. The maximum atomic E-state index is 12.3. The molecule has 0 radical (unpaired) electrons. The molecule has 3 unspecified atom stereocenters. The smallest absolute Gasteiger partial charge is 0.224 e. The van der Waals surface area contributed by atoms with Crippen LogP contribution < -0.4 is 11.1 Å². The molecule has 0 aromatic heterocycles. The van der Waals surface area contributed by atoms with Crippen LogP contribution in [0.15, 0.2) is 0 Å². The molecule has 0 bridgehead atoms. The molecule has 2 aliphatic rings. The Morgan fingerprint density at radius 3 is 2.62 bits per heavy atom. The highest BCUT2D eigenvalue weighted by Crippen LogP contribution is 2.24. The molecule has 5 nitrogen and oxygen atoms in total. The lowest BCUT2D eigenvalue weighted by Crippen LogP contribution is -2.50. The quantitative estimate of drug-likeness (QED) is 0.767. The Morgan fingerprint density at radius 2 is 2.05 bits per heavy atom. The molecular formula is C16H31N3O2. The van der Waals surface area contributed by atoms with Gasteiger partial charge in [0, 0.05) is 31.7 Å². The van der Waals surface area contributed by atoms with Gasteiger partial charge in [-0.15, -0.1) is 0 Å². The SMILES string of the molecule is CC(C)CC(CNC(=O)C1CCCC1N)N1CCOCC1. The minimum atomic E-state index is 0.0226. The van der Waals surface area contributed by atoms with Crippen LogP contribution in [0, 0.1) is 11.8 Å². The summed E-state index contributed by atoms with van der Waals surface area (Å²) in [6.07, 6.45) is 4.12. The molecule has 1 saturated carbocycles. The van der Waals surface area contributed by atoms with E-state index >= 15 is 0 Å². The first-order valence-electron chi connectivity index (χ1n) is 8.43. The first-order valence-corrected chi connectivity index (χ1v) is 8.43. The van der Waals surface area contributed by atoms with Gasteiger partial charge in [0.1, 0.15) is 0 Å². The van der Waals surface area contributed by atoms with Gasteiger partial charge in [-0.2, -0.15) is 0 Å². The summed E-state index contributed by atoms with van der Waals surface area (Å²) >= 11 is 0. The van der Waals surface area contributed by atoms with Gasteiger partial charge in [0.2, 0.25) is 5.91 Å². The van der Waals surface area contributed by atoms with Crippen LogP contribution in [0.5, 0.6) is 0 Å². The number of amides is 1. The minimum Gasteiger partial charge on any atom is -0.379 e. The van der Waals surface area contributed by atoms with E-state index in [2.05, 4.69) is 24.1 Å². The Balaban J connectivity index is 1.84. The van der Waals surface area contributed by atoms with E-state index in [1.165, 1.54) is 0 Å². The zero-order valence-corrected chi connectivity index (χ0v) is 13.5. The second-order valence-electron chi connectivity index (χ2n) is 6.88. The van der Waals surface area contributed by atoms with E-state index in [0.717, 1.165) is 58.5 Å². The normalized spacial score (nSPS) is 28.8. The number of ether oxygens (including phenoxy) is 1. The third-order valence-electron chi connectivity index (χ3n) is 4.72. The third-order valence-corrected chi connectivity index (χ3v) is 4.72. The van der Waals surface area contributed by atoms with Crippen molar-refractivity contribution >= 4 is 5.91 Å². The number of hydrogen-bond donors (Lipinski definition) is 2. The molecule has 2 fully saturated rings. The van der Waals surface area contributed by atoms with Crippen LogP contribution in [0.1, 0.15) is 39.5 Å². The van der Waals surface area contributed by atoms with Crippen LogP contribution in [0.4, 0.5) is 0 Å². The van der Waals surface area contributed by atoms with E-state index in [-0.39, 0.29) is 17.9 Å². The molecule has 0 aromatic carbocycles. The van der Waals surface area contributed by atoms with E-state index in [9.17, 15) is 4.79 Å². The van der Waals surface area contributed by atoms with Crippen LogP contribution in [-0.2, 0) is 9.53 Å². The topological polar surface area (TPSA) is 67.6 Å². The molecule has 1 heterocycles. The molecule has 0 spiro atoms. The van der Waals surface area contributed by atoms with Gasteiger partial charge in [0.15, 0.2) is 0 Å². The molecule has 3 N–H and O–H groups in total. The van der Waals surface area contributed by atoms with Crippen molar-refractivity contribution in [3.8, 4) is 0 Å². The van der Waals surface area contributed by atoms with E-state index < -0.39 is 0 Å². The standard InChI is InChI=1S/C16H31N3O2/c1-12(2)10-13(19-6-8-21-9-7-19)11-18-16(20)14-4-3-5-15(14)17/h12-15H,3-11,17H2,1-2H3,(H,18,20). The zero-order chi connectivity index (χ0) is 15.2. The first-order chi connectivity index (χ1) is 10.1. The Morgan fingerprint density at radius 1 is 1.33 bits per heavy atom. The molecule has 1 aliphatic carbocycles. The average molecular weight is 297 g/mol. The molecule has 5 heteroatoms. The molecule has 2 rings (SSSR count). The summed E-state index contributed by atoms with van der Waals surface area (Å²) in [5.41, 5.74) is 6.02. The van der Waals surface area contributed by atoms with Gasteiger partial charge in [-0.3, -0.25) is 9.69 Å². The summed E-state index contributed by atoms with van der Waals surface area (Å²) in [6, 6.07) is 0.465. The summed E-state index contributed by atoms with van der Waals surface area (Å²) in [6.45, 7) is 8.75. The van der Waals surface area contributed by atoms with Crippen molar-refractivity contribution in [2.45, 2.75) is 51.6 Å². The molecule has 122 valence electrons. The fourth-order valence-electron chi connectivity index (χ4n) is 3.51. The van der Waals surface area contributed by atoms with Crippen LogP contribution in [0.3, 0.4) is 0 Å². The van der Waals surface area contributed by atoms with Gasteiger partial charge >= 0.3 is 0 Å². The largest absolute Gasteiger partial charge is 0.379 e. The number of hydrogen-bond acceptors (Lipinski definition) is 4. The molecular weight excluding hydrogens is 266 g/mol. The Hall–Kier alpha value is -0.650. The number of morpholine rings is 1. The molecule has 1 saturated heterocycles. The minimum absolute atomic E-state index is 0.0226. The Kier molecular flexibility index (Phi) is 6.45. The predicted octanol–water partition coefficient (Wildman–Crippen LogP) is 0.977. The van der Waals surface area contributed by atoms with Crippen molar-refractivity contribution in [2.75, 3.05) is 32.8 Å². The number of nitrogens with zero attached hydrogens (tertiary/aromatic N) is 1. The van der Waals surface area contributed by atoms with Gasteiger partial charge in [0.05, 0.1) is 19.1 Å². The van der Waals surface area contributed by atoms with E-state index in [4.69, 9.17) is 10.5 Å². The Labute approximate surface area is 128 Å². The van der Waals surface area contributed by atoms with Crippen molar-refractivity contribution in [3.05, 3.63) is 0 Å². The Bertz CT molecular complexity index is 329. The fourth-order valence-corrected chi connectivity index (χ4v) is 3.51. The lowest BCUT2D eigenvalue weighted by Gasteiger charge is -2.35. The van der Waals surface area contributed by atoms with Crippen molar-refractivity contribution < 1.29 is 9.53 Å². The molecule has 21 heavy (non-hydrogen) atoms. The summed E-state index contributed by atoms with van der Waals surface area (Å²) in [5, 5.41) is 3.16. The summed E-state index contributed by atoms with van der Waals surface area (Å²) in [4.78, 5) is 14.8. The second-order valence-corrected chi connectivity index (χ2v) is 6.88. The highest BCUT2D eigenvalue weighted by atomic mass is 16.5. The third kappa shape index (κ3) is 4.94. The van der Waals surface area contributed by atoms with Gasteiger partial charge in [-0.25, -0.2) is 0 Å². The fraction of sp³-hybridized carbons (Fsp3) is 0.938. The average Bonchev–Trinajstić information content (AvgIpc) is 2.90. The first kappa shape index (κ1) is 16.7. The lowest BCUT2D eigenvalue weighted by atomic mass is 10.0. The molecule has 0 aromatic rings. The summed E-state index contributed by atoms with van der Waals surface area (Å²) < 4.78 is 5.43. The van der Waals surface area contributed by atoms with Crippen molar-refractivity contribution in [1.82, 2.24) is 10.2 Å². The molecule has 3 atom stereocenters. The number of carbonyl (C=O) groups excluding carboxylic acids is 1. The number of carbonyl (C=O) groups is 1. The van der Waals surface area contributed by atoms with Crippen LogP contribution in [0.25, 0.3) is 0 Å². The van der Waals surface area contributed by atoms with Crippen LogP contribution >= 0.6 is 0 Å². The van der Waals surface area contributed by atoms with E-state index in [1.54, 1.807) is 0 Å². The van der Waals surface area contributed by atoms with E-state index in [0.29, 0.717) is 12.0 Å².